The molecule has 2 aromatic rings. The fourth-order valence-electron chi connectivity index (χ4n) is 3.13. The molecule has 154 valence electrons. The number of amides is 2. The number of rotatable bonds is 6. The van der Waals surface area contributed by atoms with Crippen LogP contribution in [0.2, 0.25) is 0 Å². The van der Waals surface area contributed by atoms with Crippen LogP contribution in [0.4, 0.5) is 11.4 Å². The summed E-state index contributed by atoms with van der Waals surface area (Å²) in [4.78, 5) is 25.2. The van der Waals surface area contributed by atoms with E-state index in [-0.39, 0.29) is 23.1 Å². The highest BCUT2D eigenvalue weighted by Gasteiger charge is 2.27. The number of aryl methyl sites for hydroxylation is 1. The molecule has 0 saturated carbocycles. The summed E-state index contributed by atoms with van der Waals surface area (Å²) >= 11 is 1.51. The molecule has 2 aromatic carbocycles. The molecule has 1 atom stereocenters. The molecule has 2 amide bonds. The first-order valence-corrected chi connectivity index (χ1v) is 12.0. The van der Waals surface area contributed by atoms with Crippen molar-refractivity contribution in [1.29, 1.82) is 0 Å². The van der Waals surface area contributed by atoms with Crippen LogP contribution < -0.4 is 10.6 Å². The van der Waals surface area contributed by atoms with Crippen LogP contribution in [0, 0.1) is 0 Å². The van der Waals surface area contributed by atoms with E-state index < -0.39 is 15.1 Å². The second-order valence-electron chi connectivity index (χ2n) is 6.92. The van der Waals surface area contributed by atoms with Crippen molar-refractivity contribution in [3.05, 3.63) is 48.0 Å². The maximum absolute atomic E-state index is 13.0. The van der Waals surface area contributed by atoms with Crippen LogP contribution in [0.1, 0.15) is 32.3 Å². The third kappa shape index (κ3) is 5.00. The lowest BCUT2D eigenvalue weighted by Gasteiger charge is -2.16. The van der Waals surface area contributed by atoms with E-state index in [9.17, 15) is 18.0 Å². The van der Waals surface area contributed by atoms with Crippen molar-refractivity contribution in [2.75, 3.05) is 16.4 Å². The number of benzene rings is 2. The average molecular weight is 433 g/mol. The summed E-state index contributed by atoms with van der Waals surface area (Å²) in [5.41, 5.74) is 2.21. The first-order valence-electron chi connectivity index (χ1n) is 9.49. The van der Waals surface area contributed by atoms with Crippen LogP contribution in [0.15, 0.2) is 52.3 Å². The fraction of sp³-hybridized carbons (Fsp3) is 0.333. The first-order chi connectivity index (χ1) is 13.8. The Labute approximate surface area is 175 Å². The quantitative estimate of drug-likeness (QED) is 0.723. The number of hydrogen-bond donors (Lipinski definition) is 2. The normalized spacial score (nSPS) is 15.0. The minimum absolute atomic E-state index is 0.105. The van der Waals surface area contributed by atoms with Gasteiger partial charge in [0.1, 0.15) is 0 Å². The Kier molecular flexibility index (Phi) is 6.64. The molecule has 6 nitrogen and oxygen atoms in total. The van der Waals surface area contributed by atoms with Gasteiger partial charge < -0.3 is 10.6 Å². The Bertz CT molecular complexity index is 1030. The third-order valence-electron chi connectivity index (χ3n) is 4.82. The third-order valence-corrected chi connectivity index (χ3v) is 8.03. The van der Waals surface area contributed by atoms with Gasteiger partial charge in [0, 0.05) is 29.2 Å². The van der Waals surface area contributed by atoms with Gasteiger partial charge in [0.05, 0.1) is 15.8 Å². The molecular formula is C21H24N2O4S2. The number of carbonyl (C=O) groups is 2. The highest BCUT2D eigenvalue weighted by atomic mass is 32.2. The molecular weight excluding hydrogens is 408 g/mol. The van der Waals surface area contributed by atoms with Crippen molar-refractivity contribution in [3.8, 4) is 0 Å². The minimum Gasteiger partial charge on any atom is -0.326 e. The monoisotopic (exact) mass is 432 g/mol. The summed E-state index contributed by atoms with van der Waals surface area (Å²) < 4.78 is 26.0. The van der Waals surface area contributed by atoms with Gasteiger partial charge in [-0.1, -0.05) is 25.1 Å². The van der Waals surface area contributed by atoms with Gasteiger partial charge in [-0.05, 0) is 43.2 Å². The molecule has 0 aromatic heterocycles. The standard InChI is InChI=1S/C21H24N2O4S2/c1-3-15-6-4-5-7-17(15)22-21(25)12-14(2)29(26,27)16-8-9-19-18(13-16)23-20(24)10-11-28-19/h4-9,13-14H,3,10-12H2,1-2H3,(H,22,25)(H,23,24)/t14-/m1/s1. The van der Waals surface area contributed by atoms with Crippen molar-refractivity contribution < 1.29 is 18.0 Å². The number of thioether (sulfide) groups is 1. The molecule has 0 unspecified atom stereocenters. The largest absolute Gasteiger partial charge is 0.326 e. The average Bonchev–Trinajstić information content (AvgIpc) is 2.88. The van der Waals surface area contributed by atoms with Crippen molar-refractivity contribution in [2.45, 2.75) is 48.2 Å². The Morgan fingerprint density at radius 2 is 2.00 bits per heavy atom. The number of para-hydroxylation sites is 1. The molecule has 29 heavy (non-hydrogen) atoms. The molecule has 0 fully saturated rings. The molecule has 0 saturated heterocycles. The Hall–Kier alpha value is -2.32. The molecule has 8 heteroatoms. The van der Waals surface area contributed by atoms with Crippen LogP contribution in [0.3, 0.4) is 0 Å². The number of hydrogen-bond acceptors (Lipinski definition) is 5. The molecule has 0 spiro atoms. The lowest BCUT2D eigenvalue weighted by Crippen LogP contribution is -2.25. The summed E-state index contributed by atoms with van der Waals surface area (Å²) in [5, 5.41) is 4.67. The zero-order chi connectivity index (χ0) is 21.0. The molecule has 0 radical (unpaired) electrons. The van der Waals surface area contributed by atoms with E-state index in [1.807, 2.05) is 31.2 Å². The minimum atomic E-state index is -3.73. The van der Waals surface area contributed by atoms with E-state index in [4.69, 9.17) is 0 Å². The van der Waals surface area contributed by atoms with E-state index in [2.05, 4.69) is 10.6 Å². The van der Waals surface area contributed by atoms with Crippen molar-refractivity contribution >= 4 is 44.8 Å². The number of nitrogens with one attached hydrogen (secondary N) is 2. The van der Waals surface area contributed by atoms with Crippen LogP contribution in [0.5, 0.6) is 0 Å². The van der Waals surface area contributed by atoms with Gasteiger partial charge in [-0.2, -0.15) is 0 Å². The van der Waals surface area contributed by atoms with Gasteiger partial charge in [0.2, 0.25) is 11.8 Å². The van der Waals surface area contributed by atoms with Crippen molar-refractivity contribution in [1.82, 2.24) is 0 Å². The van der Waals surface area contributed by atoms with Gasteiger partial charge in [0.25, 0.3) is 0 Å². The Morgan fingerprint density at radius 3 is 2.76 bits per heavy atom. The first kappa shape index (κ1) is 21.4. The lowest BCUT2D eigenvalue weighted by molar-refractivity contribution is -0.116. The number of anilines is 2. The van der Waals surface area contributed by atoms with Crippen LogP contribution in [-0.4, -0.2) is 31.2 Å². The summed E-state index contributed by atoms with van der Waals surface area (Å²) in [6, 6.07) is 12.2. The van der Waals surface area contributed by atoms with E-state index in [1.165, 1.54) is 24.8 Å². The van der Waals surface area contributed by atoms with E-state index in [0.29, 0.717) is 23.5 Å². The molecule has 0 bridgehead atoms. The van der Waals surface area contributed by atoms with Gasteiger partial charge in [0.15, 0.2) is 9.84 Å². The van der Waals surface area contributed by atoms with Crippen molar-refractivity contribution in [3.63, 3.8) is 0 Å². The maximum Gasteiger partial charge on any atom is 0.225 e. The Balaban J connectivity index is 1.75. The predicted octanol–water partition coefficient (Wildman–Crippen LogP) is 3.87. The Morgan fingerprint density at radius 1 is 1.24 bits per heavy atom. The number of fused-ring (bicyclic) bond motifs is 1. The zero-order valence-electron chi connectivity index (χ0n) is 16.4. The van der Waals surface area contributed by atoms with Gasteiger partial charge in [-0.15, -0.1) is 11.8 Å². The molecule has 1 heterocycles. The molecule has 1 aliphatic heterocycles. The predicted molar refractivity (Wildman–Crippen MR) is 116 cm³/mol. The molecule has 2 N–H and O–H groups in total. The van der Waals surface area contributed by atoms with Crippen LogP contribution in [0.25, 0.3) is 0 Å². The summed E-state index contributed by atoms with van der Waals surface area (Å²) in [7, 11) is -3.73. The fourth-order valence-corrected chi connectivity index (χ4v) is 5.44. The molecule has 0 aliphatic carbocycles. The SMILES string of the molecule is CCc1ccccc1NC(=O)C[C@@H](C)S(=O)(=O)c1ccc2c(c1)NC(=O)CCS2. The van der Waals surface area contributed by atoms with Gasteiger partial charge >= 0.3 is 0 Å². The summed E-state index contributed by atoms with van der Waals surface area (Å²) in [5.74, 6) is 0.175. The van der Waals surface area contributed by atoms with E-state index in [1.54, 1.807) is 12.1 Å². The molecule has 1 aliphatic rings. The van der Waals surface area contributed by atoms with Gasteiger partial charge in [-0.3, -0.25) is 9.59 Å². The van der Waals surface area contributed by atoms with Gasteiger partial charge in [-0.25, -0.2) is 8.42 Å². The highest BCUT2D eigenvalue weighted by molar-refractivity contribution is 7.99. The second kappa shape index (κ2) is 9.00. The summed E-state index contributed by atoms with van der Waals surface area (Å²) in [6.45, 7) is 3.52. The summed E-state index contributed by atoms with van der Waals surface area (Å²) in [6.07, 6.45) is 0.999. The number of sulfone groups is 1. The molecule has 3 rings (SSSR count). The lowest BCUT2D eigenvalue weighted by atomic mass is 10.1. The zero-order valence-corrected chi connectivity index (χ0v) is 18.0. The highest BCUT2D eigenvalue weighted by Crippen LogP contribution is 2.33. The van der Waals surface area contributed by atoms with Crippen molar-refractivity contribution in [2.24, 2.45) is 0 Å². The number of carbonyl (C=O) groups excluding carboxylic acids is 2. The second-order valence-corrected chi connectivity index (χ2v) is 10.4. The van der Waals surface area contributed by atoms with Crippen LogP contribution in [-0.2, 0) is 25.8 Å². The van der Waals surface area contributed by atoms with E-state index in [0.717, 1.165) is 16.9 Å². The maximum atomic E-state index is 13.0. The van der Waals surface area contributed by atoms with Crippen LogP contribution >= 0.6 is 11.8 Å². The smallest absolute Gasteiger partial charge is 0.225 e. The van der Waals surface area contributed by atoms with E-state index >= 15 is 0 Å². The topological polar surface area (TPSA) is 92.3 Å².